The lowest BCUT2D eigenvalue weighted by Crippen LogP contribution is -2.17. The fraction of sp³-hybridized carbons (Fsp3) is 0.267. The summed E-state index contributed by atoms with van der Waals surface area (Å²) in [6, 6.07) is 5.75. The van der Waals surface area contributed by atoms with Gasteiger partial charge in [-0.05, 0) is 23.9 Å². The highest BCUT2D eigenvalue weighted by atomic mass is 32.2. The number of methoxy groups -OCH3 is 1. The van der Waals surface area contributed by atoms with Crippen LogP contribution in [0.1, 0.15) is 18.9 Å². The van der Waals surface area contributed by atoms with Crippen LogP contribution in [0.2, 0.25) is 0 Å². The normalized spacial score (nSPS) is 11.5. The van der Waals surface area contributed by atoms with Crippen LogP contribution in [0.3, 0.4) is 0 Å². The number of sulfonamides is 1. The summed E-state index contributed by atoms with van der Waals surface area (Å²) in [5, 5.41) is 16.6. The van der Waals surface area contributed by atoms with Gasteiger partial charge in [0.05, 0.1) is 24.9 Å². The fourth-order valence-corrected chi connectivity index (χ4v) is 3.72. The molecule has 0 aliphatic heterocycles. The predicted molar refractivity (Wildman–Crippen MR) is 97.7 cm³/mol. The molecule has 0 saturated heterocycles. The minimum Gasteiger partial charge on any atom is -0.493 e. The van der Waals surface area contributed by atoms with Crippen molar-refractivity contribution in [3.05, 3.63) is 45.3 Å². The van der Waals surface area contributed by atoms with Crippen LogP contribution < -0.4 is 14.3 Å². The molecule has 0 amide bonds. The van der Waals surface area contributed by atoms with Crippen molar-refractivity contribution < 1.29 is 22.8 Å². The Morgan fingerprint density at radius 1 is 1.42 bits per heavy atom. The van der Waals surface area contributed by atoms with Gasteiger partial charge in [-0.2, -0.15) is 18.4 Å². The van der Waals surface area contributed by atoms with Crippen molar-refractivity contribution in [3.8, 4) is 11.5 Å². The topological polar surface area (TPSA) is 120 Å². The molecule has 2 rings (SSSR count). The molecule has 1 aromatic carbocycles. The van der Waals surface area contributed by atoms with E-state index in [1.54, 1.807) is 11.4 Å². The predicted octanol–water partition coefficient (Wildman–Crippen LogP) is 2.77. The van der Waals surface area contributed by atoms with Crippen LogP contribution in [-0.4, -0.2) is 33.3 Å². The zero-order valence-electron chi connectivity index (χ0n) is 14.0. The summed E-state index contributed by atoms with van der Waals surface area (Å²) in [6.07, 6.45) is 1.83. The molecule has 140 valence electrons. The van der Waals surface area contributed by atoms with Gasteiger partial charge in [0, 0.05) is 11.6 Å². The van der Waals surface area contributed by atoms with E-state index in [0.717, 1.165) is 17.6 Å². The van der Waals surface area contributed by atoms with Gasteiger partial charge in [0.25, 0.3) is 10.0 Å². The van der Waals surface area contributed by atoms with Gasteiger partial charge in [-0.3, -0.25) is 10.1 Å². The van der Waals surface area contributed by atoms with Crippen LogP contribution in [0.25, 0.3) is 0 Å². The molecule has 0 fully saturated rings. The second-order valence-corrected chi connectivity index (χ2v) is 7.80. The van der Waals surface area contributed by atoms with E-state index in [1.165, 1.54) is 25.3 Å². The highest BCUT2D eigenvalue weighted by Gasteiger charge is 2.22. The van der Waals surface area contributed by atoms with E-state index in [-0.39, 0.29) is 27.0 Å². The van der Waals surface area contributed by atoms with Crippen molar-refractivity contribution in [3.63, 3.8) is 0 Å². The molecule has 9 nitrogen and oxygen atoms in total. The van der Waals surface area contributed by atoms with Gasteiger partial charge < -0.3 is 9.47 Å². The van der Waals surface area contributed by atoms with Crippen LogP contribution >= 0.6 is 11.3 Å². The Balaban J connectivity index is 2.29. The van der Waals surface area contributed by atoms with Crippen molar-refractivity contribution in [2.45, 2.75) is 17.6 Å². The molecule has 1 N–H and O–H groups in total. The van der Waals surface area contributed by atoms with Crippen molar-refractivity contribution in [1.82, 2.24) is 4.83 Å². The van der Waals surface area contributed by atoms with Crippen molar-refractivity contribution in [2.24, 2.45) is 5.10 Å². The molecule has 0 bridgehead atoms. The molecule has 0 unspecified atom stereocenters. The molecule has 0 aliphatic carbocycles. The van der Waals surface area contributed by atoms with Gasteiger partial charge in [-0.1, -0.05) is 13.0 Å². The summed E-state index contributed by atoms with van der Waals surface area (Å²) in [6.45, 7) is 2.17. The summed E-state index contributed by atoms with van der Waals surface area (Å²) in [7, 11) is -2.41. The number of rotatable bonds is 9. The smallest absolute Gasteiger partial charge is 0.315 e. The van der Waals surface area contributed by atoms with Gasteiger partial charge in [-0.25, -0.2) is 0 Å². The summed E-state index contributed by atoms with van der Waals surface area (Å²) in [5.74, 6) is 0.186. The van der Waals surface area contributed by atoms with E-state index in [1.807, 2.05) is 6.92 Å². The molecule has 0 atom stereocenters. The Hall–Kier alpha value is -2.66. The number of hydrogen-bond acceptors (Lipinski definition) is 8. The lowest BCUT2D eigenvalue weighted by atomic mass is 10.2. The molecular formula is C15H17N3O6S2. The number of ether oxygens (including phenoxy) is 2. The van der Waals surface area contributed by atoms with Gasteiger partial charge in [0.1, 0.15) is 4.21 Å². The van der Waals surface area contributed by atoms with Crippen LogP contribution in [0.4, 0.5) is 5.69 Å². The summed E-state index contributed by atoms with van der Waals surface area (Å²) < 4.78 is 34.6. The molecule has 26 heavy (non-hydrogen) atoms. The average Bonchev–Trinajstić information content (AvgIpc) is 3.15. The number of hydrogen-bond donors (Lipinski definition) is 1. The lowest BCUT2D eigenvalue weighted by molar-refractivity contribution is -0.386. The summed E-state index contributed by atoms with van der Waals surface area (Å²) >= 11 is 1.05. The first-order valence-corrected chi connectivity index (χ1v) is 9.83. The summed E-state index contributed by atoms with van der Waals surface area (Å²) in [5.41, 5.74) is -0.00774. The number of nitro groups is 1. The van der Waals surface area contributed by atoms with Crippen molar-refractivity contribution in [1.29, 1.82) is 0 Å². The number of nitrogens with one attached hydrogen (secondary N) is 1. The van der Waals surface area contributed by atoms with E-state index in [2.05, 4.69) is 9.93 Å². The maximum absolute atomic E-state index is 12.0. The van der Waals surface area contributed by atoms with Crippen molar-refractivity contribution >= 4 is 33.3 Å². The molecular weight excluding hydrogens is 382 g/mol. The third-order valence-electron chi connectivity index (χ3n) is 3.07. The third-order valence-corrected chi connectivity index (χ3v) is 5.69. The maximum Gasteiger partial charge on any atom is 0.315 e. The molecule has 2 aromatic rings. The van der Waals surface area contributed by atoms with Crippen LogP contribution in [0.15, 0.2) is 39.0 Å². The number of benzene rings is 1. The van der Waals surface area contributed by atoms with Gasteiger partial charge in [0.2, 0.25) is 5.75 Å². The van der Waals surface area contributed by atoms with Gasteiger partial charge >= 0.3 is 5.69 Å². The Labute approximate surface area is 154 Å². The Kier molecular flexibility index (Phi) is 6.52. The average molecular weight is 399 g/mol. The molecule has 11 heteroatoms. The van der Waals surface area contributed by atoms with Crippen LogP contribution in [-0.2, 0) is 10.0 Å². The lowest BCUT2D eigenvalue weighted by Gasteiger charge is -2.11. The third kappa shape index (κ3) is 4.70. The Morgan fingerprint density at radius 3 is 2.77 bits per heavy atom. The highest BCUT2D eigenvalue weighted by Crippen LogP contribution is 2.38. The molecule has 0 saturated carbocycles. The first kappa shape index (κ1) is 19.7. The first-order valence-electron chi connectivity index (χ1n) is 7.46. The second kappa shape index (κ2) is 8.63. The first-order chi connectivity index (χ1) is 12.4. The summed E-state index contributed by atoms with van der Waals surface area (Å²) in [4.78, 5) is 12.8. The molecule has 0 spiro atoms. The number of nitro benzene ring substituents is 1. The van der Waals surface area contributed by atoms with Crippen LogP contribution in [0.5, 0.6) is 11.5 Å². The van der Waals surface area contributed by atoms with E-state index in [9.17, 15) is 18.5 Å². The quantitative estimate of drug-likeness (QED) is 0.393. The number of thiophene rings is 1. The monoisotopic (exact) mass is 399 g/mol. The van der Waals surface area contributed by atoms with E-state index in [4.69, 9.17) is 9.47 Å². The Bertz CT molecular complexity index is 894. The van der Waals surface area contributed by atoms with E-state index in [0.29, 0.717) is 13.0 Å². The number of hydrazone groups is 1. The zero-order chi connectivity index (χ0) is 19.2. The molecule has 1 heterocycles. The maximum atomic E-state index is 12.0. The number of nitrogens with zero attached hydrogens (tertiary/aromatic N) is 2. The SMILES string of the molecule is CCCOc1c(OC)cc(/C=N/NS(=O)(=O)c2cccs2)cc1[N+](=O)[O-]. The largest absolute Gasteiger partial charge is 0.493 e. The Morgan fingerprint density at radius 2 is 2.19 bits per heavy atom. The zero-order valence-corrected chi connectivity index (χ0v) is 15.7. The van der Waals surface area contributed by atoms with Gasteiger partial charge in [-0.15, -0.1) is 11.3 Å². The van der Waals surface area contributed by atoms with Gasteiger partial charge in [0.15, 0.2) is 5.75 Å². The molecule has 0 radical (unpaired) electrons. The molecule has 1 aromatic heterocycles. The second-order valence-electron chi connectivity index (χ2n) is 4.96. The minimum atomic E-state index is -3.77. The standard InChI is InChI=1S/C15H17N3O6S2/c1-3-6-24-15-12(18(19)20)8-11(9-13(15)23-2)10-16-17-26(21,22)14-5-4-7-25-14/h4-5,7-10,17H,3,6H2,1-2H3/b16-10+. The van der Waals surface area contributed by atoms with E-state index >= 15 is 0 Å². The highest BCUT2D eigenvalue weighted by molar-refractivity contribution is 7.91. The van der Waals surface area contributed by atoms with E-state index < -0.39 is 14.9 Å². The minimum absolute atomic E-state index is 0.0238. The molecule has 0 aliphatic rings. The van der Waals surface area contributed by atoms with Crippen LogP contribution in [0, 0.1) is 10.1 Å². The fourth-order valence-electron chi connectivity index (χ4n) is 1.95. The van der Waals surface area contributed by atoms with Crippen molar-refractivity contribution in [2.75, 3.05) is 13.7 Å².